The van der Waals surface area contributed by atoms with Crippen LogP contribution in [-0.4, -0.2) is 97.4 Å². The first kappa shape index (κ1) is 23.3. The summed E-state index contributed by atoms with van der Waals surface area (Å²) in [5.74, 6) is -2.63. The van der Waals surface area contributed by atoms with Crippen LogP contribution in [0, 0.1) is 0 Å². The lowest BCUT2D eigenvalue weighted by molar-refractivity contribution is -0.147. The number of amides is 3. The van der Waals surface area contributed by atoms with Crippen molar-refractivity contribution in [2.75, 3.05) is 25.4 Å². The zero-order valence-corrected chi connectivity index (χ0v) is 18.8. The summed E-state index contributed by atoms with van der Waals surface area (Å²) in [6.07, 6.45) is 3.09. The molecule has 0 aromatic carbocycles. The third kappa shape index (κ3) is 4.36. The molecule has 0 aromatic rings. The summed E-state index contributed by atoms with van der Waals surface area (Å²) in [7, 11) is 0. The van der Waals surface area contributed by atoms with Gasteiger partial charge < -0.3 is 25.7 Å². The van der Waals surface area contributed by atoms with E-state index in [2.05, 4.69) is 0 Å². The van der Waals surface area contributed by atoms with Crippen molar-refractivity contribution in [2.24, 2.45) is 5.73 Å². The maximum absolute atomic E-state index is 13.1. The first-order valence-corrected chi connectivity index (χ1v) is 11.9. The summed E-state index contributed by atoms with van der Waals surface area (Å²) in [5.41, 5.74) is 6.63. The Morgan fingerprint density at radius 2 is 1.79 bits per heavy atom. The predicted octanol–water partition coefficient (Wildman–Crippen LogP) is -0.418. The average molecular weight is 479 g/mol. The number of aliphatic carboxylic acids is 2. The first-order chi connectivity index (χ1) is 15.7. The van der Waals surface area contributed by atoms with E-state index >= 15 is 0 Å². The smallest absolute Gasteiger partial charge is 0.352 e. The minimum atomic E-state index is -1.21. The molecule has 3 amide bonds. The Morgan fingerprint density at radius 3 is 2.42 bits per heavy atom. The van der Waals surface area contributed by atoms with Crippen molar-refractivity contribution in [2.45, 2.75) is 49.6 Å². The lowest BCUT2D eigenvalue weighted by Crippen LogP contribution is -2.68. The van der Waals surface area contributed by atoms with E-state index < -0.39 is 23.9 Å². The van der Waals surface area contributed by atoms with Crippen LogP contribution in [0.25, 0.3) is 0 Å². The van der Waals surface area contributed by atoms with Crippen LogP contribution in [0.15, 0.2) is 22.9 Å². The Morgan fingerprint density at radius 1 is 1.09 bits per heavy atom. The minimum Gasteiger partial charge on any atom is -0.481 e. The second kappa shape index (κ2) is 9.18. The third-order valence-electron chi connectivity index (χ3n) is 6.56. The highest BCUT2D eigenvalue weighted by Crippen LogP contribution is 2.40. The van der Waals surface area contributed by atoms with Crippen LogP contribution in [0.2, 0.25) is 0 Å². The lowest BCUT2D eigenvalue weighted by atomic mass is 10.0. The number of likely N-dealkylation sites (tertiary alicyclic amines) is 2. The molecule has 0 unspecified atom stereocenters. The van der Waals surface area contributed by atoms with E-state index in [4.69, 9.17) is 10.8 Å². The number of thioether (sulfide) groups is 1. The molecule has 0 spiro atoms. The molecular formula is C21H26N4O7S. The zero-order valence-electron chi connectivity index (χ0n) is 17.9. The first-order valence-electron chi connectivity index (χ1n) is 10.9. The van der Waals surface area contributed by atoms with Crippen LogP contribution in [0.5, 0.6) is 0 Å². The normalized spacial score (nSPS) is 27.2. The van der Waals surface area contributed by atoms with Gasteiger partial charge in [0.25, 0.3) is 0 Å². The second-order valence-electron chi connectivity index (χ2n) is 8.54. The van der Waals surface area contributed by atoms with Gasteiger partial charge in [-0.15, -0.1) is 11.8 Å². The predicted molar refractivity (Wildman–Crippen MR) is 117 cm³/mol. The van der Waals surface area contributed by atoms with Crippen molar-refractivity contribution in [3.8, 4) is 0 Å². The molecule has 3 fully saturated rings. The van der Waals surface area contributed by atoms with Crippen molar-refractivity contribution in [3.63, 3.8) is 0 Å². The highest BCUT2D eigenvalue weighted by atomic mass is 32.2. The largest absolute Gasteiger partial charge is 0.481 e. The van der Waals surface area contributed by atoms with E-state index in [1.165, 1.54) is 16.7 Å². The molecule has 0 radical (unpaired) electrons. The van der Waals surface area contributed by atoms with Crippen molar-refractivity contribution < 1.29 is 34.2 Å². The second-order valence-corrected chi connectivity index (χ2v) is 9.64. The number of nitrogens with zero attached hydrogens (tertiary/aromatic N) is 3. The van der Waals surface area contributed by atoms with Gasteiger partial charge in [0.15, 0.2) is 0 Å². The number of allylic oxidation sites excluding steroid dienone is 1. The molecule has 33 heavy (non-hydrogen) atoms. The van der Waals surface area contributed by atoms with Gasteiger partial charge in [0, 0.05) is 43.4 Å². The van der Waals surface area contributed by atoms with Crippen molar-refractivity contribution >= 4 is 41.4 Å². The molecule has 0 aliphatic carbocycles. The molecule has 4 N–H and O–H groups in total. The topological polar surface area (TPSA) is 162 Å². The summed E-state index contributed by atoms with van der Waals surface area (Å²) in [5, 5.41) is 18.0. The SMILES string of the molecule is N[C@@H]1C(=O)N2C(C(=O)O)=C(C=C3CCN(C4CCN(C(=O)CCC(=O)O)CC4)C3=O)CS[C@H]12. The van der Waals surface area contributed by atoms with Crippen LogP contribution in [0.1, 0.15) is 32.1 Å². The number of hydrogen-bond acceptors (Lipinski definition) is 7. The summed E-state index contributed by atoms with van der Waals surface area (Å²) in [4.78, 5) is 64.4. The summed E-state index contributed by atoms with van der Waals surface area (Å²) in [6.45, 7) is 1.45. The number of carbonyl (C=O) groups excluding carboxylic acids is 3. The Labute approximate surface area is 194 Å². The van der Waals surface area contributed by atoms with Gasteiger partial charge in [-0.3, -0.25) is 24.1 Å². The molecule has 0 aromatic heterocycles. The molecular weight excluding hydrogens is 452 g/mol. The van der Waals surface area contributed by atoms with Gasteiger partial charge in [0.2, 0.25) is 17.7 Å². The standard InChI is InChI=1S/C21H26N4O7S/c22-16-19(30)25-17(21(31)32)12(10-33-20(16)25)9-11-3-8-24(18(11)29)13-4-6-23(7-5-13)14(26)1-2-15(27)28/h9,13,16,20H,1-8,10,22H2,(H,27,28)(H,31,32)/t16-,20-/m1/s1. The Kier molecular flexibility index (Phi) is 6.48. The van der Waals surface area contributed by atoms with E-state index in [1.54, 1.807) is 15.9 Å². The highest BCUT2D eigenvalue weighted by Gasteiger charge is 2.51. The van der Waals surface area contributed by atoms with Gasteiger partial charge in [-0.1, -0.05) is 0 Å². The molecule has 0 bridgehead atoms. The maximum Gasteiger partial charge on any atom is 0.352 e. The summed E-state index contributed by atoms with van der Waals surface area (Å²) in [6, 6.07) is -0.732. The van der Waals surface area contributed by atoms with E-state index in [-0.39, 0.29) is 41.8 Å². The fourth-order valence-corrected chi connectivity index (χ4v) is 6.03. The van der Waals surface area contributed by atoms with Crippen molar-refractivity contribution in [1.29, 1.82) is 0 Å². The van der Waals surface area contributed by atoms with Gasteiger partial charge in [-0.25, -0.2) is 4.79 Å². The molecule has 0 saturated carbocycles. The number of carboxylic acid groups (broad SMARTS) is 2. The van der Waals surface area contributed by atoms with E-state index in [9.17, 15) is 29.1 Å². The molecule has 4 aliphatic rings. The minimum absolute atomic E-state index is 0.0279. The number of piperidine rings is 1. The lowest BCUT2D eigenvalue weighted by Gasteiger charge is -2.47. The number of carbonyl (C=O) groups is 5. The van der Waals surface area contributed by atoms with Crippen LogP contribution in [0.4, 0.5) is 0 Å². The zero-order chi connectivity index (χ0) is 23.9. The summed E-state index contributed by atoms with van der Waals surface area (Å²) >= 11 is 1.39. The van der Waals surface area contributed by atoms with Crippen LogP contribution in [-0.2, 0) is 24.0 Å². The van der Waals surface area contributed by atoms with Crippen molar-refractivity contribution in [3.05, 3.63) is 22.9 Å². The van der Waals surface area contributed by atoms with Crippen LogP contribution < -0.4 is 5.73 Å². The molecule has 4 aliphatic heterocycles. The third-order valence-corrected chi connectivity index (χ3v) is 7.88. The Balaban J connectivity index is 1.41. The number of nitrogens with two attached hydrogens (primary N) is 1. The van der Waals surface area contributed by atoms with E-state index in [1.807, 2.05) is 0 Å². The molecule has 4 rings (SSSR count). The van der Waals surface area contributed by atoms with Crippen molar-refractivity contribution in [1.82, 2.24) is 14.7 Å². The molecule has 178 valence electrons. The van der Waals surface area contributed by atoms with Gasteiger partial charge in [0.1, 0.15) is 17.1 Å². The van der Waals surface area contributed by atoms with Crippen LogP contribution >= 0.6 is 11.8 Å². The number of fused-ring (bicyclic) bond motifs is 1. The quantitative estimate of drug-likeness (QED) is 0.340. The average Bonchev–Trinajstić information content (AvgIpc) is 3.16. The molecule has 3 saturated heterocycles. The fraction of sp³-hybridized carbons (Fsp3) is 0.571. The Hall–Kier alpha value is -2.86. The van der Waals surface area contributed by atoms with E-state index in [0.717, 1.165) is 0 Å². The molecule has 4 heterocycles. The number of rotatable bonds is 6. The van der Waals surface area contributed by atoms with Gasteiger partial charge in [-0.2, -0.15) is 0 Å². The number of carboxylic acids is 2. The van der Waals surface area contributed by atoms with Crippen LogP contribution in [0.3, 0.4) is 0 Å². The van der Waals surface area contributed by atoms with Gasteiger partial charge >= 0.3 is 11.9 Å². The monoisotopic (exact) mass is 478 g/mol. The summed E-state index contributed by atoms with van der Waals surface area (Å²) < 4.78 is 0. The van der Waals surface area contributed by atoms with Gasteiger partial charge in [-0.05, 0) is 30.9 Å². The van der Waals surface area contributed by atoms with Gasteiger partial charge in [0.05, 0.1) is 6.42 Å². The fourth-order valence-electron chi connectivity index (χ4n) is 4.78. The number of hydrogen-bond donors (Lipinski definition) is 3. The molecule has 2 atom stereocenters. The molecule has 11 nitrogen and oxygen atoms in total. The maximum atomic E-state index is 13.1. The Bertz CT molecular complexity index is 970. The highest BCUT2D eigenvalue weighted by molar-refractivity contribution is 8.00. The number of β-lactam (4-membered cyclic amide) rings is 1. The van der Waals surface area contributed by atoms with E-state index in [0.29, 0.717) is 55.8 Å². The molecule has 12 heteroatoms.